The maximum atomic E-state index is 11.8. The molecule has 0 aliphatic heterocycles. The first-order valence-electron chi connectivity index (χ1n) is 5.21. The number of aromatic nitrogens is 2. The highest BCUT2D eigenvalue weighted by molar-refractivity contribution is 6.03. The second kappa shape index (κ2) is 5.30. The molecular formula is C10H14N4O4. The number of H-pyrrole nitrogens is 1. The molecular weight excluding hydrogens is 240 g/mol. The monoisotopic (exact) mass is 254 g/mol. The van der Waals surface area contributed by atoms with Gasteiger partial charge in [0.1, 0.15) is 6.04 Å². The molecule has 5 N–H and O–H groups in total. The lowest BCUT2D eigenvalue weighted by molar-refractivity contribution is -0.120. The number of nitrogens with two attached hydrogens (primary N) is 1. The zero-order valence-electron chi connectivity index (χ0n) is 9.93. The Morgan fingerprint density at radius 2 is 2.06 bits per heavy atom. The predicted molar refractivity (Wildman–Crippen MR) is 60.8 cm³/mol. The van der Waals surface area contributed by atoms with Crippen LogP contribution in [0.3, 0.4) is 0 Å². The zero-order valence-corrected chi connectivity index (χ0v) is 9.93. The molecule has 1 heterocycles. The van der Waals surface area contributed by atoms with Gasteiger partial charge in [0.2, 0.25) is 5.91 Å². The van der Waals surface area contributed by atoms with E-state index in [0.29, 0.717) is 0 Å². The topological polar surface area (TPSA) is 138 Å². The first kappa shape index (κ1) is 13.7. The smallest absolute Gasteiger partial charge is 0.354 e. The Kier molecular flexibility index (Phi) is 4.03. The number of aromatic carboxylic acids is 1. The molecule has 8 heteroatoms. The molecule has 1 rings (SSSR count). The Morgan fingerprint density at radius 3 is 2.50 bits per heavy atom. The molecule has 1 aromatic rings. The van der Waals surface area contributed by atoms with Gasteiger partial charge in [-0.3, -0.25) is 9.59 Å². The molecule has 1 atom stereocenters. The predicted octanol–water partition coefficient (Wildman–Crippen LogP) is -0.652. The average molecular weight is 254 g/mol. The minimum Gasteiger partial charge on any atom is -0.477 e. The summed E-state index contributed by atoms with van der Waals surface area (Å²) in [6.45, 7) is 3.41. The highest BCUT2D eigenvalue weighted by Crippen LogP contribution is 2.06. The highest BCUT2D eigenvalue weighted by Gasteiger charge is 2.26. The zero-order chi connectivity index (χ0) is 13.9. The Morgan fingerprint density at radius 1 is 1.44 bits per heavy atom. The number of hydrogen-bond acceptors (Lipinski definition) is 4. The van der Waals surface area contributed by atoms with E-state index in [1.165, 1.54) is 0 Å². The minimum absolute atomic E-state index is 0.210. The second-order valence-electron chi connectivity index (χ2n) is 4.03. The van der Waals surface area contributed by atoms with E-state index in [9.17, 15) is 14.4 Å². The van der Waals surface area contributed by atoms with Gasteiger partial charge in [-0.25, -0.2) is 9.78 Å². The van der Waals surface area contributed by atoms with E-state index in [1.807, 2.05) is 0 Å². The number of rotatable bonds is 5. The third kappa shape index (κ3) is 2.84. The highest BCUT2D eigenvalue weighted by atomic mass is 16.4. The fourth-order valence-corrected chi connectivity index (χ4v) is 1.41. The number of imidazole rings is 1. The molecule has 18 heavy (non-hydrogen) atoms. The molecule has 0 bridgehead atoms. The number of primary amides is 1. The fourth-order valence-electron chi connectivity index (χ4n) is 1.41. The number of carboxylic acid groups (broad SMARTS) is 1. The van der Waals surface area contributed by atoms with Gasteiger partial charge in [0, 0.05) is 0 Å². The van der Waals surface area contributed by atoms with Crippen LogP contribution in [0.1, 0.15) is 34.8 Å². The fraction of sp³-hybridized carbons (Fsp3) is 0.400. The van der Waals surface area contributed by atoms with Gasteiger partial charge < -0.3 is 21.1 Å². The van der Waals surface area contributed by atoms with E-state index in [-0.39, 0.29) is 17.3 Å². The summed E-state index contributed by atoms with van der Waals surface area (Å²) in [7, 11) is 0. The number of carbonyl (C=O) groups is 3. The number of aromatic amines is 1. The average Bonchev–Trinajstić information content (AvgIpc) is 2.73. The normalized spacial score (nSPS) is 12.2. The van der Waals surface area contributed by atoms with E-state index in [1.54, 1.807) is 13.8 Å². The van der Waals surface area contributed by atoms with Gasteiger partial charge in [-0.2, -0.15) is 0 Å². The van der Waals surface area contributed by atoms with Crippen molar-refractivity contribution >= 4 is 17.8 Å². The Bertz CT molecular complexity index is 480. The summed E-state index contributed by atoms with van der Waals surface area (Å²) in [5.74, 6) is -2.96. The van der Waals surface area contributed by atoms with Crippen LogP contribution in [-0.4, -0.2) is 38.9 Å². The van der Waals surface area contributed by atoms with Gasteiger partial charge in [-0.1, -0.05) is 13.8 Å². The van der Waals surface area contributed by atoms with Crippen LogP contribution in [-0.2, 0) is 4.79 Å². The summed E-state index contributed by atoms with van der Waals surface area (Å²) in [5, 5.41) is 11.2. The molecule has 1 aromatic heterocycles. The lowest BCUT2D eigenvalue weighted by Crippen LogP contribution is -2.48. The summed E-state index contributed by atoms with van der Waals surface area (Å²) in [4.78, 5) is 39.7. The number of carboxylic acids is 1. The van der Waals surface area contributed by atoms with E-state index in [0.717, 1.165) is 6.33 Å². The largest absolute Gasteiger partial charge is 0.477 e. The van der Waals surface area contributed by atoms with Crippen molar-refractivity contribution in [2.45, 2.75) is 19.9 Å². The lowest BCUT2D eigenvalue weighted by Gasteiger charge is -2.18. The number of hydrogen-bond donors (Lipinski definition) is 4. The number of nitrogens with zero attached hydrogens (tertiary/aromatic N) is 1. The maximum absolute atomic E-state index is 11.8. The molecule has 0 aromatic carbocycles. The quantitative estimate of drug-likeness (QED) is 0.553. The van der Waals surface area contributed by atoms with Crippen LogP contribution < -0.4 is 11.1 Å². The maximum Gasteiger partial charge on any atom is 0.354 e. The van der Waals surface area contributed by atoms with Crippen molar-refractivity contribution < 1.29 is 19.5 Å². The van der Waals surface area contributed by atoms with Crippen molar-refractivity contribution in [3.05, 3.63) is 17.7 Å². The standard InChI is InChI=1S/C10H14N4O4/c1-4(2)5(8(11)15)14-9(16)6-7(10(17)18)13-3-12-6/h3-5H,1-2H3,(H2,11,15)(H,12,13)(H,14,16)(H,17,18). The van der Waals surface area contributed by atoms with Crippen LogP contribution in [0.25, 0.3) is 0 Å². The van der Waals surface area contributed by atoms with Gasteiger partial charge in [-0.15, -0.1) is 0 Å². The number of amides is 2. The Labute approximate surface area is 103 Å². The summed E-state index contributed by atoms with van der Waals surface area (Å²) in [6, 6.07) is -0.879. The Balaban J connectivity index is 2.91. The van der Waals surface area contributed by atoms with E-state index < -0.39 is 23.8 Å². The summed E-state index contributed by atoms with van der Waals surface area (Å²) in [5.41, 5.74) is 4.52. The molecule has 8 nitrogen and oxygen atoms in total. The molecule has 0 saturated heterocycles. The van der Waals surface area contributed by atoms with Crippen LogP contribution in [0.5, 0.6) is 0 Å². The van der Waals surface area contributed by atoms with Crippen LogP contribution in [0.2, 0.25) is 0 Å². The number of carbonyl (C=O) groups excluding carboxylic acids is 2. The molecule has 0 fully saturated rings. The molecule has 0 aliphatic carbocycles. The first-order chi connectivity index (χ1) is 8.34. The van der Waals surface area contributed by atoms with Crippen molar-refractivity contribution in [3.8, 4) is 0 Å². The molecule has 2 amide bonds. The van der Waals surface area contributed by atoms with Crippen LogP contribution in [0, 0.1) is 5.92 Å². The molecule has 0 spiro atoms. The van der Waals surface area contributed by atoms with Gasteiger partial charge in [-0.05, 0) is 5.92 Å². The van der Waals surface area contributed by atoms with Crippen molar-refractivity contribution in [2.75, 3.05) is 0 Å². The summed E-state index contributed by atoms with van der Waals surface area (Å²) >= 11 is 0. The summed E-state index contributed by atoms with van der Waals surface area (Å²) in [6.07, 6.45) is 1.09. The second-order valence-corrected chi connectivity index (χ2v) is 4.03. The van der Waals surface area contributed by atoms with Gasteiger partial charge in [0.05, 0.1) is 6.33 Å². The van der Waals surface area contributed by atoms with Crippen LogP contribution >= 0.6 is 0 Å². The molecule has 0 aliphatic rings. The van der Waals surface area contributed by atoms with Gasteiger partial charge in [0.15, 0.2) is 11.4 Å². The molecule has 1 unspecified atom stereocenters. The number of nitrogens with one attached hydrogen (secondary N) is 2. The van der Waals surface area contributed by atoms with Crippen molar-refractivity contribution in [1.82, 2.24) is 15.3 Å². The molecule has 0 radical (unpaired) electrons. The molecule has 98 valence electrons. The van der Waals surface area contributed by atoms with E-state index in [2.05, 4.69) is 15.3 Å². The minimum atomic E-state index is -1.31. The van der Waals surface area contributed by atoms with Crippen molar-refractivity contribution in [2.24, 2.45) is 11.7 Å². The van der Waals surface area contributed by atoms with Gasteiger partial charge in [0.25, 0.3) is 5.91 Å². The lowest BCUT2D eigenvalue weighted by atomic mass is 10.0. The van der Waals surface area contributed by atoms with Crippen LogP contribution in [0.15, 0.2) is 6.33 Å². The van der Waals surface area contributed by atoms with Gasteiger partial charge >= 0.3 is 5.97 Å². The third-order valence-corrected chi connectivity index (χ3v) is 2.33. The summed E-state index contributed by atoms with van der Waals surface area (Å²) < 4.78 is 0. The Hall–Kier alpha value is -2.38. The first-order valence-corrected chi connectivity index (χ1v) is 5.21. The van der Waals surface area contributed by atoms with Crippen LogP contribution in [0.4, 0.5) is 0 Å². The SMILES string of the molecule is CC(C)C(NC(=O)c1nc[nH]c1C(=O)O)C(N)=O. The van der Waals surface area contributed by atoms with Crippen molar-refractivity contribution in [1.29, 1.82) is 0 Å². The van der Waals surface area contributed by atoms with E-state index >= 15 is 0 Å². The van der Waals surface area contributed by atoms with Crippen molar-refractivity contribution in [3.63, 3.8) is 0 Å². The molecule has 0 saturated carbocycles. The van der Waals surface area contributed by atoms with E-state index in [4.69, 9.17) is 10.8 Å². The third-order valence-electron chi connectivity index (χ3n) is 2.33.